The summed E-state index contributed by atoms with van der Waals surface area (Å²) < 4.78 is 0. The maximum absolute atomic E-state index is 2.43. The van der Waals surface area contributed by atoms with Crippen molar-refractivity contribution in [1.82, 2.24) is 0 Å². The Balaban J connectivity index is 1.89. The SMILES string of the molecule is CCCCCCCCCCCCCCSc1cccc(SCCCCCCCCCCCCCC)c1. The van der Waals surface area contributed by atoms with Crippen molar-refractivity contribution < 1.29 is 0 Å². The van der Waals surface area contributed by atoms with Crippen LogP contribution in [0.4, 0.5) is 0 Å². The fraction of sp³-hybridized carbons (Fsp3) is 0.824. The fourth-order valence-corrected chi connectivity index (χ4v) is 6.93. The van der Waals surface area contributed by atoms with Crippen LogP contribution in [0.3, 0.4) is 0 Å². The zero-order valence-electron chi connectivity index (χ0n) is 24.5. The van der Waals surface area contributed by atoms with Gasteiger partial charge in [-0.3, -0.25) is 0 Å². The highest BCUT2D eigenvalue weighted by atomic mass is 32.2. The standard InChI is InChI=1S/C34H62S2/c1-3-5-7-9-11-13-15-17-19-21-23-25-30-35-33-28-27-29-34(32-33)36-31-26-24-22-20-18-16-14-12-10-8-6-4-2/h27-29,32H,3-26,30-31H2,1-2H3. The molecule has 0 bridgehead atoms. The topological polar surface area (TPSA) is 0 Å². The smallest absolute Gasteiger partial charge is 0.00830 e. The van der Waals surface area contributed by atoms with Gasteiger partial charge in [-0.05, 0) is 42.5 Å². The van der Waals surface area contributed by atoms with E-state index in [1.807, 2.05) is 0 Å². The van der Waals surface area contributed by atoms with Crippen molar-refractivity contribution in [3.63, 3.8) is 0 Å². The van der Waals surface area contributed by atoms with E-state index in [0.29, 0.717) is 0 Å². The van der Waals surface area contributed by atoms with Crippen molar-refractivity contribution in [1.29, 1.82) is 0 Å². The van der Waals surface area contributed by atoms with Gasteiger partial charge >= 0.3 is 0 Å². The summed E-state index contributed by atoms with van der Waals surface area (Å²) in [6, 6.07) is 9.30. The first-order valence-corrected chi connectivity index (χ1v) is 18.2. The van der Waals surface area contributed by atoms with Gasteiger partial charge in [-0.25, -0.2) is 0 Å². The summed E-state index contributed by atoms with van der Waals surface area (Å²) in [5, 5.41) is 0. The summed E-state index contributed by atoms with van der Waals surface area (Å²) in [5.74, 6) is 2.56. The molecule has 0 fully saturated rings. The third kappa shape index (κ3) is 23.1. The van der Waals surface area contributed by atoms with Gasteiger partial charge in [-0.1, -0.05) is 161 Å². The third-order valence-electron chi connectivity index (χ3n) is 7.34. The molecule has 0 aliphatic carbocycles. The Bertz CT molecular complexity index is 511. The van der Waals surface area contributed by atoms with Gasteiger partial charge in [0, 0.05) is 9.79 Å². The molecule has 0 saturated heterocycles. The molecular weight excluding hydrogens is 473 g/mol. The van der Waals surface area contributed by atoms with Gasteiger partial charge < -0.3 is 0 Å². The number of unbranched alkanes of at least 4 members (excludes halogenated alkanes) is 22. The molecule has 0 aliphatic rings. The van der Waals surface area contributed by atoms with Crippen LogP contribution in [-0.4, -0.2) is 11.5 Å². The van der Waals surface area contributed by atoms with E-state index >= 15 is 0 Å². The molecule has 0 aromatic heterocycles. The molecule has 210 valence electrons. The number of thioether (sulfide) groups is 2. The predicted molar refractivity (Wildman–Crippen MR) is 170 cm³/mol. The van der Waals surface area contributed by atoms with E-state index in [1.54, 1.807) is 0 Å². The molecule has 0 amide bonds. The van der Waals surface area contributed by atoms with Gasteiger partial charge in [0.2, 0.25) is 0 Å². The summed E-state index contributed by atoms with van der Waals surface area (Å²) in [6.07, 6.45) is 34.5. The van der Waals surface area contributed by atoms with E-state index in [0.717, 1.165) is 0 Å². The van der Waals surface area contributed by atoms with E-state index in [-0.39, 0.29) is 0 Å². The van der Waals surface area contributed by atoms with Crippen LogP contribution < -0.4 is 0 Å². The molecule has 0 radical (unpaired) electrons. The minimum Gasteiger partial charge on any atom is -0.126 e. The lowest BCUT2D eigenvalue weighted by atomic mass is 10.1. The second-order valence-electron chi connectivity index (χ2n) is 10.9. The molecule has 0 heterocycles. The van der Waals surface area contributed by atoms with Crippen molar-refractivity contribution in [3.8, 4) is 0 Å². The molecule has 1 aromatic rings. The molecule has 1 aromatic carbocycles. The van der Waals surface area contributed by atoms with Gasteiger partial charge in [0.05, 0.1) is 0 Å². The fourth-order valence-electron chi connectivity index (χ4n) is 4.92. The zero-order valence-corrected chi connectivity index (χ0v) is 26.1. The maximum atomic E-state index is 2.43. The average molecular weight is 535 g/mol. The van der Waals surface area contributed by atoms with Gasteiger partial charge in [0.1, 0.15) is 0 Å². The van der Waals surface area contributed by atoms with Gasteiger partial charge in [-0.15, -0.1) is 23.5 Å². The molecule has 0 aliphatic heterocycles. The Morgan fingerprint density at radius 3 is 0.972 bits per heavy atom. The minimum atomic E-state index is 1.28. The molecule has 2 heteroatoms. The molecule has 0 atom stereocenters. The van der Waals surface area contributed by atoms with Crippen molar-refractivity contribution in [2.75, 3.05) is 11.5 Å². The zero-order chi connectivity index (χ0) is 25.8. The highest BCUT2D eigenvalue weighted by molar-refractivity contribution is 8.00. The Labute approximate surface area is 236 Å². The lowest BCUT2D eigenvalue weighted by Crippen LogP contribution is -1.85. The summed E-state index contributed by atoms with van der Waals surface area (Å²) in [5.41, 5.74) is 0. The average Bonchev–Trinajstić information content (AvgIpc) is 2.90. The maximum Gasteiger partial charge on any atom is 0.00830 e. The molecule has 0 saturated carbocycles. The highest BCUT2D eigenvalue weighted by Crippen LogP contribution is 2.27. The summed E-state index contributed by atoms with van der Waals surface area (Å²) in [4.78, 5) is 2.94. The second-order valence-corrected chi connectivity index (χ2v) is 13.3. The lowest BCUT2D eigenvalue weighted by molar-refractivity contribution is 0.548. The monoisotopic (exact) mass is 534 g/mol. The Morgan fingerprint density at radius 1 is 0.389 bits per heavy atom. The largest absolute Gasteiger partial charge is 0.126 e. The number of rotatable bonds is 28. The van der Waals surface area contributed by atoms with Gasteiger partial charge in [-0.2, -0.15) is 0 Å². The third-order valence-corrected chi connectivity index (χ3v) is 9.50. The van der Waals surface area contributed by atoms with Crippen molar-refractivity contribution >= 4 is 23.5 Å². The number of benzene rings is 1. The van der Waals surface area contributed by atoms with Crippen molar-refractivity contribution in [2.24, 2.45) is 0 Å². The van der Waals surface area contributed by atoms with Crippen LogP contribution in [-0.2, 0) is 0 Å². The number of hydrogen-bond donors (Lipinski definition) is 0. The normalized spacial score (nSPS) is 11.4. The van der Waals surface area contributed by atoms with Crippen LogP contribution in [0.1, 0.15) is 168 Å². The van der Waals surface area contributed by atoms with E-state index in [4.69, 9.17) is 0 Å². The van der Waals surface area contributed by atoms with E-state index in [1.165, 1.54) is 175 Å². The summed E-state index contributed by atoms with van der Waals surface area (Å²) in [7, 11) is 0. The molecule has 36 heavy (non-hydrogen) atoms. The van der Waals surface area contributed by atoms with Gasteiger partial charge in [0.25, 0.3) is 0 Å². The van der Waals surface area contributed by atoms with Crippen LogP contribution in [0.15, 0.2) is 34.1 Å². The van der Waals surface area contributed by atoms with Crippen LogP contribution in [0.25, 0.3) is 0 Å². The van der Waals surface area contributed by atoms with Gasteiger partial charge in [0.15, 0.2) is 0 Å². The lowest BCUT2D eigenvalue weighted by Gasteiger charge is -2.06. The van der Waals surface area contributed by atoms with Crippen LogP contribution in [0, 0.1) is 0 Å². The molecule has 1 rings (SSSR count). The van der Waals surface area contributed by atoms with Crippen LogP contribution >= 0.6 is 23.5 Å². The van der Waals surface area contributed by atoms with Crippen molar-refractivity contribution in [3.05, 3.63) is 24.3 Å². The molecule has 0 spiro atoms. The molecule has 0 nitrogen and oxygen atoms in total. The van der Waals surface area contributed by atoms with Crippen LogP contribution in [0.5, 0.6) is 0 Å². The first-order valence-electron chi connectivity index (χ1n) is 16.2. The van der Waals surface area contributed by atoms with E-state index in [9.17, 15) is 0 Å². The molecule has 0 N–H and O–H groups in total. The molecule has 0 unspecified atom stereocenters. The first kappa shape index (κ1) is 33.9. The summed E-state index contributed by atoms with van der Waals surface area (Å²) in [6.45, 7) is 4.60. The van der Waals surface area contributed by atoms with Crippen LogP contribution in [0.2, 0.25) is 0 Å². The van der Waals surface area contributed by atoms with E-state index in [2.05, 4.69) is 61.6 Å². The quantitative estimate of drug-likeness (QED) is 0.0774. The minimum absolute atomic E-state index is 1.28. The molecular formula is C34H62S2. The van der Waals surface area contributed by atoms with Crippen molar-refractivity contribution in [2.45, 2.75) is 178 Å². The summed E-state index contributed by atoms with van der Waals surface area (Å²) >= 11 is 4.13. The number of hydrogen-bond acceptors (Lipinski definition) is 2. The Morgan fingerprint density at radius 2 is 0.667 bits per heavy atom. The predicted octanol–water partition coefficient (Wildman–Crippen LogP) is 13.3. The Hall–Kier alpha value is -0.0800. The second kappa shape index (κ2) is 27.9. The highest BCUT2D eigenvalue weighted by Gasteiger charge is 2.00. The first-order chi connectivity index (χ1) is 17.9. The Kier molecular flexibility index (Phi) is 26.3. The van der Waals surface area contributed by atoms with E-state index < -0.39 is 0 Å².